The molecule has 0 saturated carbocycles. The molecule has 0 bridgehead atoms. The van der Waals surface area contributed by atoms with Crippen molar-refractivity contribution in [3.63, 3.8) is 0 Å². The minimum Gasteiger partial charge on any atom is -0.321 e. The molecule has 0 aliphatic heterocycles. The molecule has 2 nitrogen and oxygen atoms in total. The maximum absolute atomic E-state index is 4.10. The van der Waals surface area contributed by atoms with Crippen molar-refractivity contribution in [2.75, 3.05) is 8.86 Å². The monoisotopic (exact) mass is 628 g/mol. The Morgan fingerprint density at radius 3 is 2.54 bits per heavy atom. The van der Waals surface area contributed by atoms with E-state index in [1.165, 1.54) is 0 Å². The topological polar surface area (TPSA) is 17.8 Å². The molecule has 13 heavy (non-hydrogen) atoms. The van der Waals surface area contributed by atoms with Gasteiger partial charge in [0.2, 0.25) is 0 Å². The molecule has 0 radical (unpaired) electrons. The maximum Gasteiger partial charge on any atom is 0.118 e. The van der Waals surface area contributed by atoms with E-state index in [1.807, 2.05) is 18.7 Å². The molecule has 0 fully saturated rings. The van der Waals surface area contributed by atoms with Crippen molar-refractivity contribution in [3.8, 4) is 0 Å². The van der Waals surface area contributed by atoms with Crippen LogP contribution in [0.15, 0.2) is 18.7 Å². The van der Waals surface area contributed by atoms with Crippen molar-refractivity contribution in [1.29, 1.82) is 0 Å². The van der Waals surface area contributed by atoms with E-state index in [1.54, 1.807) is 0 Å². The summed E-state index contributed by atoms with van der Waals surface area (Å²) in [6.45, 7) is 0. The third-order valence-corrected chi connectivity index (χ3v) is 11.3. The van der Waals surface area contributed by atoms with E-state index >= 15 is 0 Å². The Balaban J connectivity index is 2.93. The molecule has 1 heterocycles. The molecule has 0 amide bonds. The molecule has 0 saturated heterocycles. The summed E-state index contributed by atoms with van der Waals surface area (Å²) >= 11 is 9.93. The lowest BCUT2D eigenvalue weighted by Crippen LogP contribution is -2.37. The summed E-state index contributed by atoms with van der Waals surface area (Å²) in [6.07, 6.45) is 5.79. The van der Waals surface area contributed by atoms with Gasteiger partial charge >= 0.3 is 0 Å². The molecular weight excluding hydrogens is 620 g/mol. The second-order valence-electron chi connectivity index (χ2n) is 2.54. The first-order valence-electron chi connectivity index (χ1n) is 3.58. The van der Waals surface area contributed by atoms with Gasteiger partial charge in [0.15, 0.2) is 0 Å². The van der Waals surface area contributed by atoms with Gasteiger partial charge in [0.25, 0.3) is 0 Å². The molecule has 0 aliphatic carbocycles. The molecule has 0 aliphatic rings. The van der Waals surface area contributed by atoms with E-state index in [0.717, 1.165) is 8.86 Å². The van der Waals surface area contributed by atoms with Crippen LogP contribution in [0.5, 0.6) is 0 Å². The Labute approximate surface area is 133 Å². The van der Waals surface area contributed by atoms with Crippen LogP contribution in [0.4, 0.5) is 0 Å². The number of aromatic nitrogens is 2. The van der Waals surface area contributed by atoms with Crippen molar-refractivity contribution in [3.05, 3.63) is 18.7 Å². The Bertz CT molecular complexity index is 251. The summed E-state index contributed by atoms with van der Waals surface area (Å²) in [5.74, 6) is 0. The minimum atomic E-state index is 0.163. The standard InChI is InChI=1S/C7H8I4N2/c8-3-6(10)7(11,4-9)13-2-1-12-5-13/h1-2,5-6H,3-4H2. The van der Waals surface area contributed by atoms with Gasteiger partial charge in [0.05, 0.1) is 10.3 Å². The summed E-state index contributed by atoms with van der Waals surface area (Å²) in [7, 11) is 0. The highest BCUT2D eigenvalue weighted by Crippen LogP contribution is 2.37. The van der Waals surface area contributed by atoms with E-state index in [2.05, 4.69) is 99.9 Å². The molecule has 2 atom stereocenters. The molecule has 1 aromatic heterocycles. The van der Waals surface area contributed by atoms with Gasteiger partial charge in [-0.2, -0.15) is 0 Å². The zero-order valence-corrected chi connectivity index (χ0v) is 15.3. The first-order chi connectivity index (χ1) is 6.15. The molecule has 6 heteroatoms. The molecular formula is C7H8I4N2. The highest BCUT2D eigenvalue weighted by atomic mass is 127. The molecule has 1 aromatic rings. The molecule has 0 aromatic carbocycles. The predicted molar refractivity (Wildman–Crippen MR) is 89.8 cm³/mol. The van der Waals surface area contributed by atoms with Crippen molar-refractivity contribution >= 4 is 90.4 Å². The largest absolute Gasteiger partial charge is 0.321 e. The van der Waals surface area contributed by atoms with Gasteiger partial charge in [-0.25, -0.2) is 4.98 Å². The van der Waals surface area contributed by atoms with Crippen LogP contribution in [0.2, 0.25) is 0 Å². The van der Waals surface area contributed by atoms with Crippen molar-refractivity contribution in [2.24, 2.45) is 0 Å². The van der Waals surface area contributed by atoms with Crippen LogP contribution in [-0.4, -0.2) is 22.3 Å². The number of rotatable bonds is 4. The summed E-state index contributed by atoms with van der Waals surface area (Å²) < 4.78 is 5.24. The Morgan fingerprint density at radius 2 is 2.15 bits per heavy atom. The quantitative estimate of drug-likeness (QED) is 0.369. The number of imidazole rings is 1. The van der Waals surface area contributed by atoms with E-state index in [-0.39, 0.29) is 3.55 Å². The summed E-state index contributed by atoms with van der Waals surface area (Å²) in [5.41, 5.74) is 0. The van der Waals surface area contributed by atoms with Gasteiger partial charge < -0.3 is 4.57 Å². The second-order valence-corrected chi connectivity index (χ2v) is 7.56. The van der Waals surface area contributed by atoms with Gasteiger partial charge in [0, 0.05) is 21.2 Å². The fraction of sp³-hybridized carbons (Fsp3) is 0.571. The van der Waals surface area contributed by atoms with E-state index in [4.69, 9.17) is 0 Å². The Kier molecular flexibility index (Phi) is 6.10. The van der Waals surface area contributed by atoms with Crippen molar-refractivity contribution in [1.82, 2.24) is 9.55 Å². The van der Waals surface area contributed by atoms with Crippen molar-refractivity contribution < 1.29 is 0 Å². The number of hydrogen-bond donors (Lipinski definition) is 0. The number of hydrogen-bond acceptors (Lipinski definition) is 1. The van der Waals surface area contributed by atoms with Gasteiger partial charge in [0.1, 0.15) is 3.55 Å². The minimum absolute atomic E-state index is 0.163. The molecule has 1 rings (SSSR count). The zero-order chi connectivity index (χ0) is 9.90. The first-order valence-corrected chi connectivity index (χ1v) is 8.96. The summed E-state index contributed by atoms with van der Waals surface area (Å²) in [5, 5.41) is 0. The Morgan fingerprint density at radius 1 is 1.46 bits per heavy atom. The SMILES string of the molecule is ICC(I)C(I)(CI)n1ccnc1. The third kappa shape index (κ3) is 3.04. The van der Waals surface area contributed by atoms with Crippen LogP contribution in [0, 0.1) is 0 Å². The van der Waals surface area contributed by atoms with Gasteiger partial charge in [-0.05, 0) is 0 Å². The fourth-order valence-electron chi connectivity index (χ4n) is 0.912. The smallest absolute Gasteiger partial charge is 0.118 e. The van der Waals surface area contributed by atoms with Crippen LogP contribution in [-0.2, 0) is 3.55 Å². The number of alkyl halides is 4. The lowest BCUT2D eigenvalue weighted by atomic mass is 10.2. The highest BCUT2D eigenvalue weighted by Gasteiger charge is 2.34. The second kappa shape index (κ2) is 6.01. The van der Waals surface area contributed by atoms with Crippen molar-refractivity contribution in [2.45, 2.75) is 7.47 Å². The van der Waals surface area contributed by atoms with Crippen LogP contribution >= 0.6 is 90.4 Å². The average molecular weight is 628 g/mol. The van der Waals surface area contributed by atoms with Crippen LogP contribution in [0.1, 0.15) is 0 Å². The van der Waals surface area contributed by atoms with E-state index in [9.17, 15) is 0 Å². The van der Waals surface area contributed by atoms with E-state index in [0.29, 0.717) is 3.92 Å². The number of halogens is 4. The molecule has 74 valence electrons. The lowest BCUT2D eigenvalue weighted by Gasteiger charge is -2.31. The average Bonchev–Trinajstić information content (AvgIpc) is 2.68. The lowest BCUT2D eigenvalue weighted by molar-refractivity contribution is 0.546. The van der Waals surface area contributed by atoms with E-state index < -0.39 is 0 Å². The zero-order valence-electron chi connectivity index (χ0n) is 6.63. The fourth-order valence-corrected chi connectivity index (χ4v) is 5.30. The van der Waals surface area contributed by atoms with Gasteiger partial charge in [-0.3, -0.25) is 0 Å². The molecule has 2 unspecified atom stereocenters. The highest BCUT2D eigenvalue weighted by molar-refractivity contribution is 14.1. The number of nitrogens with zero attached hydrogens (tertiary/aromatic N) is 2. The van der Waals surface area contributed by atoms with Crippen LogP contribution in [0.3, 0.4) is 0 Å². The van der Waals surface area contributed by atoms with Gasteiger partial charge in [-0.1, -0.05) is 90.4 Å². The predicted octanol–water partition coefficient (Wildman–Crippen LogP) is 3.64. The maximum atomic E-state index is 4.10. The normalized spacial score (nSPS) is 18.2. The summed E-state index contributed by atoms with van der Waals surface area (Å²) in [6, 6.07) is 0. The molecule has 0 N–H and O–H groups in total. The van der Waals surface area contributed by atoms with Crippen LogP contribution in [0.25, 0.3) is 0 Å². The summed E-state index contributed by atoms with van der Waals surface area (Å²) in [4.78, 5) is 4.10. The first kappa shape index (κ1) is 13.2. The third-order valence-electron chi connectivity index (χ3n) is 1.74. The molecule has 0 spiro atoms. The Hall–Kier alpha value is 2.13. The van der Waals surface area contributed by atoms with Gasteiger partial charge in [-0.15, -0.1) is 0 Å². The van der Waals surface area contributed by atoms with Crippen LogP contribution < -0.4 is 0 Å².